The molecule has 96 valence electrons. The van der Waals surface area contributed by atoms with Gasteiger partial charge in [0.1, 0.15) is 0 Å². The second-order valence-corrected chi connectivity index (χ2v) is 4.33. The zero-order chi connectivity index (χ0) is 12.3. The highest BCUT2D eigenvalue weighted by Gasteiger charge is 2.26. The van der Waals surface area contributed by atoms with Crippen molar-refractivity contribution in [2.24, 2.45) is 0 Å². The molecule has 1 heterocycles. The highest BCUT2D eigenvalue weighted by Crippen LogP contribution is 2.19. The van der Waals surface area contributed by atoms with E-state index in [1.165, 1.54) is 5.69 Å². The van der Waals surface area contributed by atoms with E-state index in [4.69, 9.17) is 0 Å². The Bertz CT molecular complexity index is 371. The molecular weight excluding hydrogens is 231 g/mol. The van der Waals surface area contributed by atoms with Crippen molar-refractivity contribution < 1.29 is 13.2 Å². The zero-order valence-electron chi connectivity index (χ0n) is 9.56. The minimum Gasteiger partial charge on any atom is -0.333 e. The van der Waals surface area contributed by atoms with Crippen molar-refractivity contribution in [1.82, 2.24) is 14.9 Å². The fourth-order valence-corrected chi connectivity index (χ4v) is 2.15. The van der Waals surface area contributed by atoms with Crippen LogP contribution >= 0.6 is 0 Å². The van der Waals surface area contributed by atoms with Crippen molar-refractivity contribution in [1.29, 1.82) is 0 Å². The first-order valence-corrected chi connectivity index (χ1v) is 5.86. The van der Waals surface area contributed by atoms with E-state index in [1.54, 1.807) is 6.33 Å². The van der Waals surface area contributed by atoms with Gasteiger partial charge in [-0.25, -0.2) is 4.98 Å². The molecule has 1 aromatic heterocycles. The number of hydrogen-bond acceptors (Lipinski definition) is 2. The number of aromatic nitrogens is 2. The Morgan fingerprint density at radius 1 is 1.29 bits per heavy atom. The maximum absolute atomic E-state index is 11.9. The number of hydrogen-bond donors (Lipinski definition) is 1. The topological polar surface area (TPSA) is 29.9 Å². The Morgan fingerprint density at radius 2 is 2.06 bits per heavy atom. The Labute approximate surface area is 98.0 Å². The summed E-state index contributed by atoms with van der Waals surface area (Å²) in [5.74, 6) is 0. The fourth-order valence-electron chi connectivity index (χ4n) is 2.15. The molecule has 1 aliphatic rings. The molecule has 1 aliphatic carbocycles. The lowest BCUT2D eigenvalue weighted by Crippen LogP contribution is -2.31. The third-order valence-electron chi connectivity index (χ3n) is 2.96. The average molecular weight is 247 g/mol. The van der Waals surface area contributed by atoms with E-state index < -0.39 is 12.7 Å². The Hall–Kier alpha value is -1.04. The maximum Gasteiger partial charge on any atom is 0.401 e. The van der Waals surface area contributed by atoms with E-state index in [0.717, 1.165) is 31.4 Å². The van der Waals surface area contributed by atoms with Gasteiger partial charge in [-0.3, -0.25) is 0 Å². The van der Waals surface area contributed by atoms with Crippen LogP contribution in [0.4, 0.5) is 13.2 Å². The summed E-state index contributed by atoms with van der Waals surface area (Å²) in [6.45, 7) is -0.0510. The number of alkyl halides is 3. The number of rotatable bonds is 4. The summed E-state index contributed by atoms with van der Waals surface area (Å²) in [5.41, 5.74) is 2.32. The van der Waals surface area contributed by atoms with Crippen LogP contribution < -0.4 is 5.32 Å². The second kappa shape index (κ2) is 5.08. The van der Waals surface area contributed by atoms with Crippen LogP contribution in [-0.2, 0) is 19.4 Å². The lowest BCUT2D eigenvalue weighted by molar-refractivity contribution is -0.124. The molecule has 0 bridgehead atoms. The average Bonchev–Trinajstić information content (AvgIpc) is 2.67. The third-order valence-corrected chi connectivity index (χ3v) is 2.96. The van der Waals surface area contributed by atoms with Gasteiger partial charge in [0.25, 0.3) is 0 Å². The van der Waals surface area contributed by atoms with Gasteiger partial charge in [-0.05, 0) is 25.7 Å². The number of halogens is 3. The van der Waals surface area contributed by atoms with Gasteiger partial charge in [0, 0.05) is 18.8 Å². The molecule has 2 rings (SSSR count). The molecule has 0 saturated heterocycles. The molecule has 1 aromatic rings. The fraction of sp³-hybridized carbons (Fsp3) is 0.727. The van der Waals surface area contributed by atoms with Crippen LogP contribution in [0.3, 0.4) is 0 Å². The number of aryl methyl sites for hydroxylation is 1. The molecule has 3 nitrogen and oxygen atoms in total. The van der Waals surface area contributed by atoms with Gasteiger partial charge < -0.3 is 9.88 Å². The van der Waals surface area contributed by atoms with E-state index in [-0.39, 0.29) is 0 Å². The van der Waals surface area contributed by atoms with E-state index >= 15 is 0 Å². The van der Waals surface area contributed by atoms with Crippen LogP contribution in [0, 0.1) is 0 Å². The van der Waals surface area contributed by atoms with Crippen LogP contribution in [0.1, 0.15) is 24.2 Å². The summed E-state index contributed by atoms with van der Waals surface area (Å²) in [6.07, 6.45) is 1.91. The summed E-state index contributed by atoms with van der Waals surface area (Å²) in [4.78, 5) is 4.30. The van der Waals surface area contributed by atoms with Crippen LogP contribution in [0.25, 0.3) is 0 Å². The molecule has 0 aliphatic heterocycles. The molecule has 0 unspecified atom stereocenters. The summed E-state index contributed by atoms with van der Waals surface area (Å²) >= 11 is 0. The first-order chi connectivity index (χ1) is 8.06. The lowest BCUT2D eigenvalue weighted by atomic mass is 10.0. The predicted octanol–water partition coefficient (Wildman–Crippen LogP) is 1.91. The zero-order valence-corrected chi connectivity index (χ0v) is 9.56. The number of nitrogens with one attached hydrogen (secondary N) is 1. The molecular formula is C11H16F3N3. The standard InChI is InChI=1S/C11H16F3N3/c12-11(13,14)7-15-5-6-17-8-16-9-3-1-2-4-10(9)17/h8,15H,1-7H2. The van der Waals surface area contributed by atoms with Gasteiger partial charge in [0.15, 0.2) is 0 Å². The van der Waals surface area contributed by atoms with E-state index in [1.807, 2.05) is 4.57 Å². The van der Waals surface area contributed by atoms with Gasteiger partial charge in [-0.15, -0.1) is 0 Å². The van der Waals surface area contributed by atoms with Crippen LogP contribution in [0.5, 0.6) is 0 Å². The van der Waals surface area contributed by atoms with Crippen molar-refractivity contribution in [2.45, 2.75) is 38.4 Å². The molecule has 17 heavy (non-hydrogen) atoms. The highest BCUT2D eigenvalue weighted by atomic mass is 19.4. The van der Waals surface area contributed by atoms with Crippen molar-refractivity contribution in [3.05, 3.63) is 17.7 Å². The Morgan fingerprint density at radius 3 is 2.82 bits per heavy atom. The predicted molar refractivity (Wildman–Crippen MR) is 57.8 cm³/mol. The van der Waals surface area contributed by atoms with Crippen molar-refractivity contribution in [3.8, 4) is 0 Å². The maximum atomic E-state index is 11.9. The normalized spacial score (nSPS) is 15.9. The molecule has 6 heteroatoms. The van der Waals surface area contributed by atoms with E-state index in [9.17, 15) is 13.2 Å². The quantitative estimate of drug-likeness (QED) is 0.824. The molecule has 0 aromatic carbocycles. The van der Waals surface area contributed by atoms with Crippen molar-refractivity contribution >= 4 is 0 Å². The largest absolute Gasteiger partial charge is 0.401 e. The minimum atomic E-state index is -4.13. The summed E-state index contributed by atoms with van der Waals surface area (Å²) in [6, 6.07) is 0. The van der Waals surface area contributed by atoms with Crippen LogP contribution in [-0.4, -0.2) is 28.8 Å². The minimum absolute atomic E-state index is 0.322. The highest BCUT2D eigenvalue weighted by molar-refractivity contribution is 5.16. The summed E-state index contributed by atoms with van der Waals surface area (Å²) in [7, 11) is 0. The number of imidazole rings is 1. The molecule has 0 atom stereocenters. The summed E-state index contributed by atoms with van der Waals surface area (Å²) in [5, 5.41) is 2.40. The first kappa shape index (κ1) is 12.4. The van der Waals surface area contributed by atoms with Crippen LogP contribution in [0.2, 0.25) is 0 Å². The molecule has 0 saturated carbocycles. The summed E-state index contributed by atoms with van der Waals surface area (Å²) < 4.78 is 37.7. The second-order valence-electron chi connectivity index (χ2n) is 4.33. The number of fused-ring (bicyclic) bond motifs is 1. The number of nitrogens with zero attached hydrogens (tertiary/aromatic N) is 2. The van der Waals surface area contributed by atoms with Gasteiger partial charge in [0.2, 0.25) is 0 Å². The molecule has 0 spiro atoms. The van der Waals surface area contributed by atoms with E-state index in [0.29, 0.717) is 13.1 Å². The smallest absolute Gasteiger partial charge is 0.333 e. The monoisotopic (exact) mass is 247 g/mol. The van der Waals surface area contributed by atoms with Gasteiger partial charge in [-0.2, -0.15) is 13.2 Å². The lowest BCUT2D eigenvalue weighted by Gasteiger charge is -2.14. The van der Waals surface area contributed by atoms with Gasteiger partial charge in [0.05, 0.1) is 18.6 Å². The molecule has 1 N–H and O–H groups in total. The molecule has 0 fully saturated rings. The SMILES string of the molecule is FC(F)(F)CNCCn1cnc2c1CCCC2. The van der Waals surface area contributed by atoms with Gasteiger partial charge >= 0.3 is 6.18 Å². The van der Waals surface area contributed by atoms with Crippen molar-refractivity contribution in [2.75, 3.05) is 13.1 Å². The van der Waals surface area contributed by atoms with Crippen molar-refractivity contribution in [3.63, 3.8) is 0 Å². The third kappa shape index (κ3) is 3.46. The Kier molecular flexibility index (Phi) is 3.71. The molecule has 0 amide bonds. The van der Waals surface area contributed by atoms with Gasteiger partial charge in [-0.1, -0.05) is 0 Å². The van der Waals surface area contributed by atoms with E-state index in [2.05, 4.69) is 10.3 Å². The Balaban J connectivity index is 1.81. The first-order valence-electron chi connectivity index (χ1n) is 5.86. The molecule has 0 radical (unpaired) electrons. The van der Waals surface area contributed by atoms with Crippen LogP contribution in [0.15, 0.2) is 6.33 Å².